The van der Waals surface area contributed by atoms with Crippen LogP contribution < -0.4 is 0 Å². The van der Waals surface area contributed by atoms with Gasteiger partial charge in [-0.3, -0.25) is 0 Å². The van der Waals surface area contributed by atoms with Gasteiger partial charge in [0.2, 0.25) is 5.89 Å². The van der Waals surface area contributed by atoms with Gasteiger partial charge in [0.05, 0.1) is 24.1 Å². The van der Waals surface area contributed by atoms with Crippen LogP contribution in [0.3, 0.4) is 0 Å². The molecule has 0 N–H and O–H groups in total. The molecule has 2 heterocycles. The van der Waals surface area contributed by atoms with E-state index < -0.39 is 5.97 Å². The summed E-state index contributed by atoms with van der Waals surface area (Å²) in [4.78, 5) is 20.2. The summed E-state index contributed by atoms with van der Waals surface area (Å²) < 4.78 is 15.8. The molecule has 0 aliphatic heterocycles. The Morgan fingerprint density at radius 1 is 1.27 bits per heavy atom. The Bertz CT molecular complexity index is 818. The van der Waals surface area contributed by atoms with Gasteiger partial charge < -0.3 is 13.6 Å². The first kappa shape index (κ1) is 14.6. The number of benzene rings is 1. The number of fused-ring (bicyclic) bond motifs is 1. The van der Waals surface area contributed by atoms with E-state index in [1.165, 1.54) is 18.9 Å². The van der Waals surface area contributed by atoms with E-state index in [-0.39, 0.29) is 0 Å². The molecule has 3 rings (SSSR count). The van der Waals surface area contributed by atoms with Crippen molar-refractivity contribution in [1.29, 1.82) is 0 Å². The standard InChI is InChI=1S/C15H14N2O4S/c1-8-9(2)20-13(16-8)7-22-15-17-11-5-4-10(14(18)19-3)6-12(11)21-15/h4-6H,7H2,1-3H3. The second kappa shape index (κ2) is 5.84. The number of nitrogens with zero attached hydrogens (tertiary/aromatic N) is 2. The third kappa shape index (κ3) is 2.85. The van der Waals surface area contributed by atoms with Crippen LogP contribution in [0.15, 0.2) is 32.3 Å². The predicted octanol–water partition coefficient (Wildman–Crippen LogP) is 3.51. The summed E-state index contributed by atoms with van der Waals surface area (Å²) in [5.41, 5.74) is 2.55. The highest BCUT2D eigenvalue weighted by molar-refractivity contribution is 7.98. The van der Waals surface area contributed by atoms with Gasteiger partial charge >= 0.3 is 5.97 Å². The first-order chi connectivity index (χ1) is 10.6. The highest BCUT2D eigenvalue weighted by Gasteiger charge is 2.13. The molecule has 6 nitrogen and oxygen atoms in total. The molecule has 1 aromatic carbocycles. The summed E-state index contributed by atoms with van der Waals surface area (Å²) in [7, 11) is 1.34. The summed E-state index contributed by atoms with van der Waals surface area (Å²) in [6, 6.07) is 5.01. The highest BCUT2D eigenvalue weighted by Crippen LogP contribution is 2.27. The fraction of sp³-hybridized carbons (Fsp3) is 0.267. The number of aromatic nitrogens is 2. The van der Waals surface area contributed by atoms with Crippen LogP contribution in [0.1, 0.15) is 27.7 Å². The van der Waals surface area contributed by atoms with Crippen molar-refractivity contribution in [2.45, 2.75) is 24.8 Å². The van der Waals surface area contributed by atoms with Gasteiger partial charge in [0.1, 0.15) is 11.3 Å². The first-order valence-corrected chi connectivity index (χ1v) is 7.60. The average Bonchev–Trinajstić information content (AvgIpc) is 3.06. The smallest absolute Gasteiger partial charge is 0.337 e. The minimum Gasteiger partial charge on any atom is -0.465 e. The number of carbonyl (C=O) groups excluding carboxylic acids is 1. The highest BCUT2D eigenvalue weighted by atomic mass is 32.2. The SMILES string of the molecule is COC(=O)c1ccc2nc(SCc3nc(C)c(C)o3)oc2c1. The maximum atomic E-state index is 11.5. The third-order valence-electron chi connectivity index (χ3n) is 3.18. The molecule has 0 saturated heterocycles. The van der Waals surface area contributed by atoms with E-state index in [2.05, 4.69) is 14.7 Å². The summed E-state index contributed by atoms with van der Waals surface area (Å²) in [6.07, 6.45) is 0. The number of thioether (sulfide) groups is 1. The van der Waals surface area contributed by atoms with Gasteiger partial charge in [0, 0.05) is 0 Å². The lowest BCUT2D eigenvalue weighted by Gasteiger charge is -1.96. The zero-order valence-corrected chi connectivity index (χ0v) is 13.2. The zero-order chi connectivity index (χ0) is 15.7. The molecule has 0 fully saturated rings. The Labute approximate surface area is 130 Å². The van der Waals surface area contributed by atoms with Crippen LogP contribution in [0.25, 0.3) is 11.1 Å². The molecular formula is C15H14N2O4S. The fourth-order valence-corrected chi connectivity index (χ4v) is 2.62. The summed E-state index contributed by atoms with van der Waals surface area (Å²) in [5, 5.41) is 0.505. The fourth-order valence-electron chi connectivity index (χ4n) is 1.93. The number of oxazole rings is 2. The van der Waals surface area contributed by atoms with Crippen molar-refractivity contribution in [2.75, 3.05) is 7.11 Å². The summed E-state index contributed by atoms with van der Waals surface area (Å²) in [6.45, 7) is 3.78. The van der Waals surface area contributed by atoms with Crippen LogP contribution >= 0.6 is 11.8 Å². The Balaban J connectivity index is 1.78. The molecule has 0 spiro atoms. The van der Waals surface area contributed by atoms with Crippen molar-refractivity contribution in [3.05, 3.63) is 41.1 Å². The van der Waals surface area contributed by atoms with Crippen LogP contribution in [-0.4, -0.2) is 23.0 Å². The lowest BCUT2D eigenvalue weighted by atomic mass is 10.2. The van der Waals surface area contributed by atoms with E-state index >= 15 is 0 Å². The van der Waals surface area contributed by atoms with Gasteiger partial charge in [-0.15, -0.1) is 0 Å². The molecular weight excluding hydrogens is 304 g/mol. The quantitative estimate of drug-likeness (QED) is 0.538. The number of aryl methyl sites for hydroxylation is 2. The number of carbonyl (C=O) groups is 1. The molecule has 114 valence electrons. The molecule has 0 aliphatic carbocycles. The lowest BCUT2D eigenvalue weighted by molar-refractivity contribution is 0.0600. The molecule has 0 bridgehead atoms. The van der Waals surface area contributed by atoms with Crippen molar-refractivity contribution >= 4 is 28.8 Å². The molecule has 3 aromatic rings. The molecule has 0 aliphatic rings. The van der Waals surface area contributed by atoms with Crippen molar-refractivity contribution in [3.63, 3.8) is 0 Å². The van der Waals surface area contributed by atoms with Gasteiger partial charge in [-0.25, -0.2) is 14.8 Å². The lowest BCUT2D eigenvalue weighted by Crippen LogP contribution is -2.00. The van der Waals surface area contributed by atoms with Crippen LogP contribution in [0, 0.1) is 13.8 Å². The Hall–Kier alpha value is -2.28. The van der Waals surface area contributed by atoms with Gasteiger partial charge in [0.15, 0.2) is 5.58 Å². The number of esters is 1. The number of ether oxygens (including phenoxy) is 1. The minimum absolute atomic E-state index is 0.404. The second-order valence-corrected chi connectivity index (χ2v) is 5.62. The summed E-state index contributed by atoms with van der Waals surface area (Å²) >= 11 is 1.39. The topological polar surface area (TPSA) is 78.4 Å². The van der Waals surface area contributed by atoms with E-state index in [0.29, 0.717) is 33.5 Å². The van der Waals surface area contributed by atoms with Gasteiger partial charge in [0.25, 0.3) is 5.22 Å². The Kier molecular flexibility index (Phi) is 3.89. The molecule has 2 aromatic heterocycles. The molecule has 0 saturated carbocycles. The van der Waals surface area contributed by atoms with Crippen molar-refractivity contribution in [2.24, 2.45) is 0 Å². The van der Waals surface area contributed by atoms with E-state index in [9.17, 15) is 4.79 Å². The number of rotatable bonds is 4. The van der Waals surface area contributed by atoms with E-state index in [4.69, 9.17) is 8.83 Å². The van der Waals surface area contributed by atoms with Gasteiger partial charge in [-0.2, -0.15) is 0 Å². The van der Waals surface area contributed by atoms with Crippen LogP contribution in [0.5, 0.6) is 0 Å². The second-order valence-electron chi connectivity index (χ2n) is 4.69. The summed E-state index contributed by atoms with van der Waals surface area (Å²) in [5.74, 6) is 1.58. The number of methoxy groups -OCH3 is 1. The van der Waals surface area contributed by atoms with Crippen LogP contribution in [0.4, 0.5) is 0 Å². The molecule has 0 unspecified atom stereocenters. The maximum Gasteiger partial charge on any atom is 0.337 e. The Morgan fingerprint density at radius 3 is 2.77 bits per heavy atom. The zero-order valence-electron chi connectivity index (χ0n) is 12.4. The van der Waals surface area contributed by atoms with Gasteiger partial charge in [-0.1, -0.05) is 11.8 Å². The number of hydrogen-bond donors (Lipinski definition) is 0. The molecule has 7 heteroatoms. The van der Waals surface area contributed by atoms with Crippen molar-refractivity contribution in [3.8, 4) is 0 Å². The monoisotopic (exact) mass is 318 g/mol. The minimum atomic E-state index is -0.404. The predicted molar refractivity (Wildman–Crippen MR) is 80.9 cm³/mol. The molecule has 0 atom stereocenters. The van der Waals surface area contributed by atoms with Crippen molar-refractivity contribution in [1.82, 2.24) is 9.97 Å². The van der Waals surface area contributed by atoms with E-state index in [1.807, 2.05) is 13.8 Å². The average molecular weight is 318 g/mol. The van der Waals surface area contributed by atoms with E-state index in [1.54, 1.807) is 18.2 Å². The first-order valence-electron chi connectivity index (χ1n) is 6.61. The van der Waals surface area contributed by atoms with Crippen LogP contribution in [-0.2, 0) is 10.5 Å². The molecule has 22 heavy (non-hydrogen) atoms. The Morgan fingerprint density at radius 2 is 2.09 bits per heavy atom. The van der Waals surface area contributed by atoms with Crippen LogP contribution in [0.2, 0.25) is 0 Å². The molecule has 0 radical (unpaired) electrons. The normalized spacial score (nSPS) is 11.0. The maximum absolute atomic E-state index is 11.5. The van der Waals surface area contributed by atoms with E-state index in [0.717, 1.165) is 11.5 Å². The molecule has 0 amide bonds. The third-order valence-corrected chi connectivity index (χ3v) is 3.99. The number of hydrogen-bond acceptors (Lipinski definition) is 7. The van der Waals surface area contributed by atoms with Gasteiger partial charge in [-0.05, 0) is 32.0 Å². The largest absolute Gasteiger partial charge is 0.465 e. The van der Waals surface area contributed by atoms with Crippen molar-refractivity contribution < 1.29 is 18.4 Å².